The van der Waals surface area contributed by atoms with Gasteiger partial charge in [-0.05, 0) is 32.6 Å². The zero-order valence-corrected chi connectivity index (χ0v) is 14.5. The van der Waals surface area contributed by atoms with Crippen molar-refractivity contribution in [3.8, 4) is 0 Å². The molecular weight excluding hydrogens is 320 g/mol. The van der Waals surface area contributed by atoms with Crippen LogP contribution in [0.1, 0.15) is 37.3 Å². The Morgan fingerprint density at radius 2 is 2.12 bits per heavy atom. The first-order chi connectivity index (χ1) is 12.3. The fourth-order valence-corrected chi connectivity index (χ4v) is 3.49. The van der Waals surface area contributed by atoms with Gasteiger partial charge in [-0.25, -0.2) is 9.97 Å². The number of nitrogens with zero attached hydrogens (tertiary/aromatic N) is 5. The summed E-state index contributed by atoms with van der Waals surface area (Å²) in [5.74, 6) is 2.19. The minimum absolute atomic E-state index is 0.0475. The third kappa shape index (κ3) is 2.97. The van der Waals surface area contributed by atoms with Gasteiger partial charge < -0.3 is 19.1 Å². The summed E-state index contributed by atoms with van der Waals surface area (Å²) in [4.78, 5) is 13.2. The first-order valence-electron chi connectivity index (χ1n) is 8.70. The van der Waals surface area contributed by atoms with E-state index in [4.69, 9.17) is 9.26 Å². The molecule has 8 nitrogen and oxygen atoms in total. The predicted octanol–water partition coefficient (Wildman–Crippen LogP) is 2.72. The summed E-state index contributed by atoms with van der Waals surface area (Å²) in [6, 6.07) is 0.0475. The fraction of sp³-hybridized carbons (Fsp3) is 0.529. The number of anilines is 1. The number of ether oxygens (including phenoxy) is 1. The van der Waals surface area contributed by atoms with E-state index in [1.807, 2.05) is 19.3 Å². The maximum absolute atomic E-state index is 5.55. The molecule has 0 aromatic carbocycles. The molecule has 0 spiro atoms. The molecule has 0 aliphatic carbocycles. The van der Waals surface area contributed by atoms with Crippen LogP contribution in [-0.2, 0) is 11.3 Å². The second kappa shape index (κ2) is 6.79. The third-order valence-corrected chi connectivity index (χ3v) is 4.84. The molecular formula is C17H22N6O2. The van der Waals surface area contributed by atoms with Gasteiger partial charge in [-0.1, -0.05) is 5.16 Å². The molecule has 0 bridgehead atoms. The van der Waals surface area contributed by atoms with Crippen molar-refractivity contribution in [2.24, 2.45) is 5.92 Å². The van der Waals surface area contributed by atoms with Crippen LogP contribution < -0.4 is 5.32 Å². The van der Waals surface area contributed by atoms with E-state index in [2.05, 4.69) is 36.9 Å². The minimum atomic E-state index is 0.0475. The number of aromatic nitrogens is 5. The fourth-order valence-electron chi connectivity index (χ4n) is 3.49. The van der Waals surface area contributed by atoms with Gasteiger partial charge in [-0.3, -0.25) is 0 Å². The van der Waals surface area contributed by atoms with Crippen molar-refractivity contribution in [3.63, 3.8) is 0 Å². The van der Waals surface area contributed by atoms with E-state index in [1.165, 1.54) is 6.33 Å². The standard InChI is InChI=1S/C17H22N6O2/c1-3-23-7-6-18-16(23)14(12-4-8-24-9-5-12)21-15-13-11(2)22-25-17(13)20-10-19-15/h6-7,10,12,14H,3-5,8-9H2,1-2H3,(H,19,20,21). The van der Waals surface area contributed by atoms with Crippen LogP contribution in [0.5, 0.6) is 0 Å². The number of rotatable bonds is 5. The molecule has 1 fully saturated rings. The zero-order valence-electron chi connectivity index (χ0n) is 14.5. The largest absolute Gasteiger partial charge is 0.381 e. The number of nitrogens with one attached hydrogen (secondary N) is 1. The quantitative estimate of drug-likeness (QED) is 0.762. The van der Waals surface area contributed by atoms with Crippen LogP contribution in [0.3, 0.4) is 0 Å². The highest BCUT2D eigenvalue weighted by Crippen LogP contribution is 2.34. The van der Waals surface area contributed by atoms with Crippen LogP contribution in [0, 0.1) is 12.8 Å². The van der Waals surface area contributed by atoms with Crippen LogP contribution in [0.25, 0.3) is 11.1 Å². The van der Waals surface area contributed by atoms with E-state index in [0.29, 0.717) is 11.6 Å². The van der Waals surface area contributed by atoms with E-state index in [-0.39, 0.29) is 6.04 Å². The molecule has 1 saturated heterocycles. The van der Waals surface area contributed by atoms with Crippen molar-refractivity contribution in [1.82, 2.24) is 24.7 Å². The summed E-state index contributed by atoms with van der Waals surface area (Å²) in [5, 5.41) is 8.45. The van der Waals surface area contributed by atoms with Crippen molar-refractivity contribution in [2.75, 3.05) is 18.5 Å². The molecule has 1 aliphatic heterocycles. The first-order valence-corrected chi connectivity index (χ1v) is 8.70. The van der Waals surface area contributed by atoms with Gasteiger partial charge in [-0.2, -0.15) is 4.98 Å². The molecule has 1 aliphatic rings. The van der Waals surface area contributed by atoms with Crippen molar-refractivity contribution in [1.29, 1.82) is 0 Å². The van der Waals surface area contributed by atoms with Gasteiger partial charge in [-0.15, -0.1) is 0 Å². The van der Waals surface area contributed by atoms with E-state index in [0.717, 1.165) is 55.3 Å². The Bertz CT molecular complexity index is 852. The zero-order chi connectivity index (χ0) is 17.2. The Hall–Kier alpha value is -2.48. The van der Waals surface area contributed by atoms with E-state index in [9.17, 15) is 0 Å². The Balaban J connectivity index is 1.74. The average molecular weight is 342 g/mol. The number of hydrogen-bond donors (Lipinski definition) is 1. The lowest BCUT2D eigenvalue weighted by molar-refractivity contribution is 0.0593. The topological polar surface area (TPSA) is 90.9 Å². The Morgan fingerprint density at radius 3 is 2.92 bits per heavy atom. The highest BCUT2D eigenvalue weighted by Gasteiger charge is 2.30. The van der Waals surface area contributed by atoms with Crippen molar-refractivity contribution in [2.45, 2.75) is 39.3 Å². The highest BCUT2D eigenvalue weighted by atomic mass is 16.5. The van der Waals surface area contributed by atoms with Crippen molar-refractivity contribution >= 4 is 16.9 Å². The second-order valence-electron chi connectivity index (χ2n) is 6.31. The Labute approximate surface area is 145 Å². The summed E-state index contributed by atoms with van der Waals surface area (Å²) in [6.07, 6.45) is 7.36. The summed E-state index contributed by atoms with van der Waals surface area (Å²) in [5.41, 5.74) is 1.28. The van der Waals surface area contributed by atoms with Gasteiger partial charge in [0.05, 0.1) is 11.7 Å². The number of fused-ring (bicyclic) bond motifs is 1. The molecule has 0 amide bonds. The minimum Gasteiger partial charge on any atom is -0.381 e. The lowest BCUT2D eigenvalue weighted by Crippen LogP contribution is -2.29. The molecule has 8 heteroatoms. The molecule has 1 unspecified atom stereocenters. The lowest BCUT2D eigenvalue weighted by atomic mass is 9.91. The Morgan fingerprint density at radius 1 is 1.28 bits per heavy atom. The molecule has 3 aromatic rings. The van der Waals surface area contributed by atoms with Crippen LogP contribution in [-0.4, -0.2) is 37.9 Å². The maximum atomic E-state index is 5.55. The molecule has 1 N–H and O–H groups in total. The van der Waals surface area contributed by atoms with Gasteiger partial charge in [0.2, 0.25) is 0 Å². The van der Waals surface area contributed by atoms with Crippen molar-refractivity contribution in [3.05, 3.63) is 30.2 Å². The van der Waals surface area contributed by atoms with Gasteiger partial charge in [0.25, 0.3) is 5.71 Å². The van der Waals surface area contributed by atoms with E-state index < -0.39 is 0 Å². The summed E-state index contributed by atoms with van der Waals surface area (Å²) >= 11 is 0. The van der Waals surface area contributed by atoms with Crippen LogP contribution >= 0.6 is 0 Å². The van der Waals surface area contributed by atoms with Crippen LogP contribution in [0.2, 0.25) is 0 Å². The first kappa shape index (κ1) is 16.0. The molecule has 4 rings (SSSR count). The number of imidazole rings is 1. The number of aryl methyl sites for hydroxylation is 2. The van der Waals surface area contributed by atoms with Gasteiger partial charge in [0.15, 0.2) is 0 Å². The van der Waals surface area contributed by atoms with Gasteiger partial charge >= 0.3 is 0 Å². The third-order valence-electron chi connectivity index (χ3n) is 4.84. The lowest BCUT2D eigenvalue weighted by Gasteiger charge is -2.31. The molecule has 0 saturated carbocycles. The molecule has 132 valence electrons. The predicted molar refractivity (Wildman–Crippen MR) is 92.1 cm³/mol. The molecule has 25 heavy (non-hydrogen) atoms. The summed E-state index contributed by atoms with van der Waals surface area (Å²) in [6.45, 7) is 6.46. The normalized spacial score (nSPS) is 17.0. The highest BCUT2D eigenvalue weighted by molar-refractivity contribution is 5.87. The summed E-state index contributed by atoms with van der Waals surface area (Å²) < 4.78 is 13.0. The molecule has 4 heterocycles. The van der Waals surface area contributed by atoms with Crippen LogP contribution in [0.15, 0.2) is 23.2 Å². The van der Waals surface area contributed by atoms with E-state index in [1.54, 1.807) is 0 Å². The molecule has 3 aromatic heterocycles. The monoisotopic (exact) mass is 342 g/mol. The SMILES string of the molecule is CCn1ccnc1C(Nc1ncnc2onc(C)c12)C1CCOCC1. The number of hydrogen-bond acceptors (Lipinski definition) is 7. The van der Waals surface area contributed by atoms with Gasteiger partial charge in [0.1, 0.15) is 23.4 Å². The molecule has 0 radical (unpaired) electrons. The summed E-state index contributed by atoms with van der Waals surface area (Å²) in [7, 11) is 0. The second-order valence-corrected chi connectivity index (χ2v) is 6.31. The Kier molecular flexibility index (Phi) is 4.35. The van der Waals surface area contributed by atoms with Crippen molar-refractivity contribution < 1.29 is 9.26 Å². The average Bonchev–Trinajstić information content (AvgIpc) is 3.27. The maximum Gasteiger partial charge on any atom is 0.263 e. The molecule has 1 atom stereocenters. The smallest absolute Gasteiger partial charge is 0.263 e. The van der Waals surface area contributed by atoms with E-state index >= 15 is 0 Å². The van der Waals surface area contributed by atoms with Crippen LogP contribution in [0.4, 0.5) is 5.82 Å². The van der Waals surface area contributed by atoms with Gasteiger partial charge in [0, 0.05) is 32.2 Å².